The van der Waals surface area contributed by atoms with E-state index < -0.39 is 58.0 Å². The van der Waals surface area contributed by atoms with E-state index in [1.54, 1.807) is 44.4 Å². The third-order valence-electron chi connectivity index (χ3n) is 11.1. The molecule has 0 bridgehead atoms. The molecular weight excluding hydrogens is 673 g/mol. The molecule has 0 unspecified atom stereocenters. The van der Waals surface area contributed by atoms with E-state index >= 15 is 0 Å². The number of hydrogen-bond acceptors (Lipinski definition) is 12. The number of rotatable bonds is 7. The van der Waals surface area contributed by atoms with Crippen molar-refractivity contribution in [2.75, 3.05) is 64.2 Å². The molecule has 1 aromatic heterocycles. The number of carbonyl (C=O) groups excluding carboxylic acids is 3. The summed E-state index contributed by atoms with van der Waals surface area (Å²) in [4.78, 5) is 47.5. The number of carbonyl (C=O) groups is 3. The number of halogens is 1. The van der Waals surface area contributed by atoms with Gasteiger partial charge in [0.05, 0.1) is 29.4 Å². The van der Waals surface area contributed by atoms with Crippen molar-refractivity contribution in [1.82, 2.24) is 9.80 Å². The molecule has 6 N–H and O–H groups in total. The molecule has 3 aliphatic carbocycles. The molecule has 274 valence electrons. The van der Waals surface area contributed by atoms with Crippen LogP contribution in [0, 0.1) is 17.7 Å². The molecule has 1 saturated carbocycles. The highest BCUT2D eigenvalue weighted by Gasteiger charge is 2.64. The number of nitrogens with two attached hydrogens (primary N) is 1. The van der Waals surface area contributed by atoms with Crippen LogP contribution in [0.25, 0.3) is 17.1 Å². The Morgan fingerprint density at radius 1 is 1.04 bits per heavy atom. The van der Waals surface area contributed by atoms with E-state index in [1.807, 2.05) is 30.0 Å². The summed E-state index contributed by atoms with van der Waals surface area (Å²) in [5.74, 6) is -6.36. The van der Waals surface area contributed by atoms with Crippen molar-refractivity contribution in [3.05, 3.63) is 82.1 Å². The molecule has 2 aromatic carbocycles. The quantitative estimate of drug-likeness (QED) is 0.226. The molecule has 4 atom stereocenters. The average molecular weight is 716 g/mol. The van der Waals surface area contributed by atoms with Crippen molar-refractivity contribution < 1.29 is 43.6 Å². The zero-order valence-electron chi connectivity index (χ0n) is 29.4. The minimum atomic E-state index is -2.72. The third-order valence-corrected chi connectivity index (χ3v) is 11.1. The predicted octanol–water partition coefficient (Wildman–Crippen LogP) is 2.75. The van der Waals surface area contributed by atoms with Gasteiger partial charge in [0.2, 0.25) is 5.78 Å². The van der Waals surface area contributed by atoms with E-state index in [0.717, 1.165) is 0 Å². The lowest BCUT2D eigenvalue weighted by atomic mass is 9.57. The second-order valence-electron chi connectivity index (χ2n) is 14.5. The van der Waals surface area contributed by atoms with E-state index in [2.05, 4.69) is 4.90 Å². The van der Waals surface area contributed by atoms with Gasteiger partial charge in [-0.05, 0) is 68.8 Å². The number of aliphatic hydroxyl groups is 3. The number of hydrogen-bond donors (Lipinski definition) is 5. The van der Waals surface area contributed by atoms with Crippen LogP contribution in [0.3, 0.4) is 0 Å². The topological polar surface area (TPSA) is 184 Å². The second kappa shape index (κ2) is 12.8. The number of phenols is 1. The molecule has 1 aliphatic heterocycles. The average Bonchev–Trinajstić information content (AvgIpc) is 3.54. The fourth-order valence-corrected chi connectivity index (χ4v) is 8.56. The Labute approximate surface area is 299 Å². The summed E-state index contributed by atoms with van der Waals surface area (Å²) in [6.07, 6.45) is 0.162. The Hall–Kier alpha value is -5.18. The van der Waals surface area contributed by atoms with E-state index in [1.165, 1.54) is 11.0 Å². The summed E-state index contributed by atoms with van der Waals surface area (Å²) in [6.45, 7) is 3.11. The lowest BCUT2D eigenvalue weighted by molar-refractivity contribution is -0.153. The summed E-state index contributed by atoms with van der Waals surface area (Å²) >= 11 is 0. The van der Waals surface area contributed by atoms with E-state index in [-0.39, 0.29) is 41.1 Å². The normalized spacial score (nSPS) is 25.0. The number of phenolic OH excluding ortho intramolecular Hbond substituents is 1. The van der Waals surface area contributed by atoms with E-state index in [4.69, 9.17) is 10.2 Å². The number of benzene rings is 2. The minimum absolute atomic E-state index is 0.00274. The fourth-order valence-electron chi connectivity index (χ4n) is 8.56. The van der Waals surface area contributed by atoms with Crippen LogP contribution >= 0.6 is 0 Å². The second-order valence-corrected chi connectivity index (χ2v) is 14.5. The molecule has 52 heavy (non-hydrogen) atoms. The van der Waals surface area contributed by atoms with E-state index in [9.17, 15) is 39.2 Å². The highest BCUT2D eigenvalue weighted by Crippen LogP contribution is 2.55. The molecule has 0 spiro atoms. The van der Waals surface area contributed by atoms with Crippen molar-refractivity contribution in [3.63, 3.8) is 0 Å². The summed E-state index contributed by atoms with van der Waals surface area (Å²) < 4.78 is 20.6. The van der Waals surface area contributed by atoms with Crippen LogP contribution in [0.15, 0.2) is 63.8 Å². The van der Waals surface area contributed by atoms with Gasteiger partial charge in [-0.3, -0.25) is 24.2 Å². The van der Waals surface area contributed by atoms with E-state index in [0.29, 0.717) is 61.2 Å². The van der Waals surface area contributed by atoms with Crippen molar-refractivity contribution >= 4 is 34.6 Å². The van der Waals surface area contributed by atoms with Crippen molar-refractivity contribution in [2.45, 2.75) is 31.0 Å². The number of fused-ring (bicyclic) bond motifs is 3. The van der Waals surface area contributed by atoms with Gasteiger partial charge in [0, 0.05) is 57.5 Å². The Bertz CT molecular complexity index is 2060. The molecule has 13 nitrogen and oxygen atoms in total. The number of Topliss-reactive ketones (excluding diaryl/α,β-unsaturated/α-hetero) is 2. The molecule has 0 radical (unpaired) electrons. The van der Waals surface area contributed by atoms with Gasteiger partial charge in [-0.2, -0.15) is 0 Å². The molecule has 3 aromatic rings. The zero-order valence-corrected chi connectivity index (χ0v) is 29.4. The summed E-state index contributed by atoms with van der Waals surface area (Å²) in [7, 11) is 6.74. The number of piperazine rings is 1. The van der Waals surface area contributed by atoms with Gasteiger partial charge in [-0.25, -0.2) is 4.39 Å². The van der Waals surface area contributed by atoms with Gasteiger partial charge in [0.1, 0.15) is 40.2 Å². The highest BCUT2D eigenvalue weighted by molar-refractivity contribution is 6.24. The molecule has 1 amide bonds. The number of primary amides is 1. The predicted molar refractivity (Wildman–Crippen MR) is 190 cm³/mol. The Morgan fingerprint density at radius 3 is 2.37 bits per heavy atom. The van der Waals surface area contributed by atoms with Gasteiger partial charge in [-0.1, -0.05) is 12.1 Å². The number of para-hydroxylation sites is 1. The number of anilines is 2. The molecule has 14 heteroatoms. The lowest BCUT2D eigenvalue weighted by Gasteiger charge is -2.50. The molecule has 2 fully saturated rings. The maximum atomic E-state index is 14.3. The van der Waals surface area contributed by atoms with Crippen LogP contribution in [0.1, 0.15) is 23.3 Å². The van der Waals surface area contributed by atoms with Crippen LogP contribution in [0.4, 0.5) is 15.8 Å². The number of aromatic hydroxyl groups is 1. The first kappa shape index (κ1) is 35.2. The number of ketones is 2. The first-order valence-corrected chi connectivity index (χ1v) is 17.2. The number of furan rings is 1. The molecule has 1 saturated heterocycles. The van der Waals surface area contributed by atoms with Gasteiger partial charge in [0.25, 0.3) is 5.91 Å². The number of amides is 1. The van der Waals surface area contributed by atoms with Crippen LogP contribution < -0.4 is 15.5 Å². The Kier molecular flexibility index (Phi) is 8.67. The Balaban J connectivity index is 1.23. The van der Waals surface area contributed by atoms with Crippen LogP contribution in [-0.2, 0) is 27.3 Å². The maximum Gasteiger partial charge on any atom is 0.255 e. The van der Waals surface area contributed by atoms with Crippen LogP contribution in [-0.4, -0.2) is 114 Å². The summed E-state index contributed by atoms with van der Waals surface area (Å²) in [6, 6.07) is 10.8. The zero-order chi connectivity index (χ0) is 37.4. The molecule has 2 heterocycles. The van der Waals surface area contributed by atoms with Gasteiger partial charge < -0.3 is 40.4 Å². The van der Waals surface area contributed by atoms with Gasteiger partial charge in [-0.15, -0.1) is 0 Å². The van der Waals surface area contributed by atoms with Crippen molar-refractivity contribution in [1.29, 1.82) is 0 Å². The summed E-state index contributed by atoms with van der Waals surface area (Å²) in [5, 5.41) is 46.7. The van der Waals surface area contributed by atoms with Crippen molar-refractivity contribution in [2.24, 2.45) is 17.6 Å². The standard InChI is InChI=1S/C38H42FN5O8/c1-41(2)26-17-22(27-10-9-20(52-27)18-43-11-13-44(14-12-43)25-8-6-5-7-24(25)39)32(45)29-21(26)15-19-16-23-31(42(3)4)34(47)30(37(40)50)36(49)38(23,51)35(48)28(19)33(29)46/h5-10,17,19,23,31,45-46,49,51H,11-16,18H2,1-4H3,(H2,40,50)/t19-,23-,31-,38-/m1/s1. The van der Waals surface area contributed by atoms with Crippen molar-refractivity contribution in [3.8, 4) is 17.1 Å². The monoisotopic (exact) mass is 715 g/mol. The molecular formula is C38H42FN5O8. The maximum absolute atomic E-state index is 14.3. The molecule has 7 rings (SSSR count). The van der Waals surface area contributed by atoms with Gasteiger partial charge >= 0.3 is 0 Å². The number of likely N-dealkylation sites (N-methyl/N-ethyl adjacent to an activating group) is 1. The minimum Gasteiger partial charge on any atom is -0.508 e. The Morgan fingerprint density at radius 2 is 1.73 bits per heavy atom. The van der Waals surface area contributed by atoms with Crippen LogP contribution in [0.2, 0.25) is 0 Å². The smallest absolute Gasteiger partial charge is 0.255 e. The highest BCUT2D eigenvalue weighted by atomic mass is 19.1. The molecule has 4 aliphatic rings. The third kappa shape index (κ3) is 5.35. The first-order valence-electron chi connectivity index (χ1n) is 17.2. The first-order chi connectivity index (χ1) is 24.6. The largest absolute Gasteiger partial charge is 0.508 e. The fraction of sp³-hybridized carbons (Fsp3) is 0.395. The number of aliphatic hydroxyl groups excluding tert-OH is 2. The number of nitrogens with zero attached hydrogens (tertiary/aromatic N) is 4. The lowest BCUT2D eigenvalue weighted by Crippen LogP contribution is -2.65. The summed E-state index contributed by atoms with van der Waals surface area (Å²) in [5.41, 5.74) is 3.65. The van der Waals surface area contributed by atoms with Crippen LogP contribution in [0.5, 0.6) is 5.75 Å². The van der Waals surface area contributed by atoms with Gasteiger partial charge in [0.15, 0.2) is 11.4 Å². The SMILES string of the molecule is CN(C)c1cc(-c2ccc(CN3CCN(c4ccccc4F)CC3)o2)c(O)c2c1C[C@@H]1C[C@@H]3[C@@H](N(C)C)C(=O)C(C(N)=O)=C(O)[C@]3(O)C(=O)C1=C2O.